The van der Waals surface area contributed by atoms with Gasteiger partial charge in [0, 0.05) is 41.3 Å². The van der Waals surface area contributed by atoms with Crippen molar-refractivity contribution < 1.29 is 37.5 Å². The van der Waals surface area contributed by atoms with Gasteiger partial charge in [-0.3, -0.25) is 23.9 Å². The lowest BCUT2D eigenvalue weighted by Crippen LogP contribution is -2.58. The fraction of sp³-hybridized carbons (Fsp3) is 0.375. The Labute approximate surface area is 266 Å². The number of likely N-dealkylation sites (tertiary alicyclic amines) is 1. The molecule has 2 aromatic heterocycles. The van der Waals surface area contributed by atoms with Gasteiger partial charge in [-0.1, -0.05) is 12.1 Å². The van der Waals surface area contributed by atoms with Crippen LogP contribution in [0.1, 0.15) is 64.7 Å². The number of nitrogens with zero attached hydrogens (tertiary/aromatic N) is 3. The summed E-state index contributed by atoms with van der Waals surface area (Å²) in [6.45, 7) is 0.714. The molecule has 0 bridgehead atoms. The summed E-state index contributed by atoms with van der Waals surface area (Å²) >= 11 is 1.12. The lowest BCUT2D eigenvalue weighted by atomic mass is 9.89. The third kappa shape index (κ3) is 5.49. The van der Waals surface area contributed by atoms with Gasteiger partial charge in [-0.2, -0.15) is 0 Å². The minimum atomic E-state index is -4.99. The van der Waals surface area contributed by atoms with E-state index >= 15 is 4.39 Å². The number of thiophene rings is 1. The van der Waals surface area contributed by atoms with Crippen LogP contribution in [0, 0.1) is 5.82 Å². The highest BCUT2D eigenvalue weighted by Crippen LogP contribution is 2.53. The zero-order valence-electron chi connectivity index (χ0n) is 24.5. The number of amides is 3. The minimum absolute atomic E-state index is 0.101. The van der Waals surface area contributed by atoms with Crippen LogP contribution in [-0.2, 0) is 14.2 Å². The Kier molecular flexibility index (Phi) is 7.91. The minimum Gasteiger partial charge on any atom is -0.340 e. The smallest absolute Gasteiger partial charge is 0.340 e. The van der Waals surface area contributed by atoms with E-state index in [-0.39, 0.29) is 40.0 Å². The monoisotopic (exact) mass is 668 g/mol. The van der Waals surface area contributed by atoms with Crippen molar-refractivity contribution in [1.82, 2.24) is 20.1 Å². The first-order chi connectivity index (χ1) is 22.0. The molecule has 3 amide bonds. The maximum Gasteiger partial charge on any atom is 0.363 e. The lowest BCUT2D eigenvalue weighted by Gasteiger charge is -2.42. The Morgan fingerprint density at radius 2 is 1.87 bits per heavy atom. The van der Waals surface area contributed by atoms with Crippen molar-refractivity contribution >= 4 is 57.6 Å². The quantitative estimate of drug-likeness (QED) is 0.246. The van der Waals surface area contributed by atoms with Crippen LogP contribution >= 0.6 is 18.9 Å². The van der Waals surface area contributed by atoms with Crippen molar-refractivity contribution in [2.45, 2.75) is 62.1 Å². The highest BCUT2D eigenvalue weighted by atomic mass is 32.1. The summed E-state index contributed by atoms with van der Waals surface area (Å²) in [5.74, 6) is -3.90. The molecule has 0 saturated carbocycles. The SMILES string of the molecule is O=C(N[C@H]1CCC[C@H]2CC[C@@H](C(=O)N3CC(c4ccc5ncccc5c4F)C3)N2C1=O)c1cc2cc(C(F)P(=O)(O)O)ccc2s1. The molecule has 3 N–H and O–H groups in total. The summed E-state index contributed by atoms with van der Waals surface area (Å²) in [6.07, 6.45) is 4.65. The molecule has 4 aromatic rings. The molecule has 240 valence electrons. The number of pyridine rings is 1. The molecule has 1 unspecified atom stereocenters. The zero-order valence-corrected chi connectivity index (χ0v) is 26.2. The molecule has 4 atom stereocenters. The van der Waals surface area contributed by atoms with E-state index in [9.17, 15) is 33.1 Å². The Hall–Kier alpha value is -3.77. The Bertz CT molecular complexity index is 1930. The summed E-state index contributed by atoms with van der Waals surface area (Å²) in [4.78, 5) is 67.0. The number of halogens is 2. The van der Waals surface area contributed by atoms with Gasteiger partial charge in [-0.15, -0.1) is 11.3 Å². The molecule has 46 heavy (non-hydrogen) atoms. The number of alkyl halides is 1. The van der Waals surface area contributed by atoms with Gasteiger partial charge in [-0.05, 0) is 85.0 Å². The Morgan fingerprint density at radius 1 is 1.07 bits per heavy atom. The number of nitrogens with one attached hydrogen (secondary N) is 1. The van der Waals surface area contributed by atoms with Crippen LogP contribution in [0.3, 0.4) is 0 Å². The standard InChI is InChI=1S/C32H31F2N4O6PS/c33-28-21(8-9-23-22(28)4-2-12-35-23)19-15-37(16-19)32(41)25-10-7-20-3-1-5-24(31(40)38(20)25)36-30(39)27-14-18-13-17(6-11-26(18)46-27)29(34)45(42,43)44/h2,4,6,8-9,11-14,19-20,24-25,29H,1,3,5,7,10,15-16H2,(H,36,39)(H2,42,43,44)/t20-,24-,25-,29?/m0/s1. The second-order valence-corrected chi connectivity index (χ2v) is 15.0. The summed E-state index contributed by atoms with van der Waals surface area (Å²) in [6, 6.07) is 10.9. The first-order valence-electron chi connectivity index (χ1n) is 15.2. The molecule has 0 spiro atoms. The first-order valence-corrected chi connectivity index (χ1v) is 17.7. The van der Waals surface area contributed by atoms with E-state index in [1.807, 2.05) is 0 Å². The molecule has 0 aliphatic carbocycles. The lowest BCUT2D eigenvalue weighted by molar-refractivity contribution is -0.148. The molecule has 2 aromatic carbocycles. The molecule has 14 heteroatoms. The molecular formula is C32H31F2N4O6PS. The second-order valence-electron chi connectivity index (χ2n) is 12.3. The van der Waals surface area contributed by atoms with E-state index in [2.05, 4.69) is 10.3 Å². The van der Waals surface area contributed by atoms with E-state index < -0.39 is 31.5 Å². The number of fused-ring (bicyclic) bond motifs is 3. The molecule has 3 aliphatic heterocycles. The van der Waals surface area contributed by atoms with E-state index in [1.165, 1.54) is 24.3 Å². The highest BCUT2D eigenvalue weighted by molar-refractivity contribution is 7.51. The summed E-state index contributed by atoms with van der Waals surface area (Å²) in [5, 5.41) is 3.73. The van der Waals surface area contributed by atoms with Gasteiger partial charge in [0.2, 0.25) is 17.7 Å². The van der Waals surface area contributed by atoms with Crippen LogP contribution < -0.4 is 5.32 Å². The number of carbonyl (C=O) groups is 3. The second kappa shape index (κ2) is 11.8. The molecular weight excluding hydrogens is 637 g/mol. The number of rotatable bonds is 6. The first kappa shape index (κ1) is 30.9. The van der Waals surface area contributed by atoms with E-state index in [0.29, 0.717) is 65.3 Å². The van der Waals surface area contributed by atoms with Gasteiger partial charge >= 0.3 is 7.60 Å². The average Bonchev–Trinajstić information content (AvgIpc) is 3.60. The number of benzene rings is 2. The van der Waals surface area contributed by atoms with Crippen LogP contribution in [0.5, 0.6) is 0 Å². The zero-order chi connectivity index (χ0) is 32.3. The molecule has 3 aliphatic rings. The molecule has 5 heterocycles. The highest BCUT2D eigenvalue weighted by Gasteiger charge is 2.48. The topological polar surface area (TPSA) is 140 Å². The van der Waals surface area contributed by atoms with Gasteiger partial charge in [0.1, 0.15) is 17.9 Å². The molecule has 0 radical (unpaired) electrons. The fourth-order valence-electron chi connectivity index (χ4n) is 7.00. The van der Waals surface area contributed by atoms with Crippen molar-refractivity contribution in [3.63, 3.8) is 0 Å². The van der Waals surface area contributed by atoms with Crippen molar-refractivity contribution in [2.75, 3.05) is 13.1 Å². The molecule has 10 nitrogen and oxygen atoms in total. The summed E-state index contributed by atoms with van der Waals surface area (Å²) in [5.41, 5.74) is 0.934. The van der Waals surface area contributed by atoms with E-state index in [0.717, 1.165) is 17.8 Å². The Balaban J connectivity index is 1.03. The van der Waals surface area contributed by atoms with Gasteiger partial charge < -0.3 is 24.9 Å². The maximum atomic E-state index is 15.2. The van der Waals surface area contributed by atoms with Crippen LogP contribution in [-0.4, -0.2) is 73.5 Å². The van der Waals surface area contributed by atoms with E-state index in [1.54, 1.807) is 40.3 Å². The average molecular weight is 669 g/mol. The van der Waals surface area contributed by atoms with Gasteiger partial charge in [0.15, 0.2) is 0 Å². The normalized spacial score (nSPS) is 22.9. The number of hydrogen-bond acceptors (Lipinski definition) is 6. The fourth-order valence-corrected chi connectivity index (χ4v) is 8.49. The van der Waals surface area contributed by atoms with E-state index in [4.69, 9.17) is 0 Å². The van der Waals surface area contributed by atoms with Gasteiger partial charge in [0.25, 0.3) is 5.91 Å². The third-order valence-electron chi connectivity index (χ3n) is 9.39. The van der Waals surface area contributed by atoms with Crippen LogP contribution in [0.25, 0.3) is 21.0 Å². The molecule has 3 fully saturated rings. The van der Waals surface area contributed by atoms with Crippen LogP contribution in [0.2, 0.25) is 0 Å². The van der Waals surface area contributed by atoms with Gasteiger partial charge in [0.05, 0.1) is 10.4 Å². The third-order valence-corrected chi connectivity index (χ3v) is 11.4. The predicted octanol–water partition coefficient (Wildman–Crippen LogP) is 5.00. The van der Waals surface area contributed by atoms with Crippen molar-refractivity contribution in [2.24, 2.45) is 0 Å². The van der Waals surface area contributed by atoms with Crippen LogP contribution in [0.15, 0.2) is 54.7 Å². The van der Waals surface area contributed by atoms with Crippen LogP contribution in [0.4, 0.5) is 8.78 Å². The van der Waals surface area contributed by atoms with Crippen molar-refractivity contribution in [3.05, 3.63) is 76.5 Å². The number of carbonyl (C=O) groups excluding carboxylic acids is 3. The number of aromatic nitrogens is 1. The molecule has 3 saturated heterocycles. The summed E-state index contributed by atoms with van der Waals surface area (Å²) in [7, 11) is -4.99. The number of hydrogen-bond donors (Lipinski definition) is 3. The maximum absolute atomic E-state index is 15.2. The van der Waals surface area contributed by atoms with Crippen molar-refractivity contribution in [1.29, 1.82) is 0 Å². The van der Waals surface area contributed by atoms with Crippen molar-refractivity contribution in [3.8, 4) is 0 Å². The largest absolute Gasteiger partial charge is 0.363 e. The molecule has 7 rings (SSSR count). The Morgan fingerprint density at radius 3 is 2.65 bits per heavy atom. The predicted molar refractivity (Wildman–Crippen MR) is 168 cm³/mol. The summed E-state index contributed by atoms with van der Waals surface area (Å²) < 4.78 is 41.5. The van der Waals surface area contributed by atoms with Gasteiger partial charge in [-0.25, -0.2) is 8.78 Å².